The lowest BCUT2D eigenvalue weighted by Gasteiger charge is -1.99. The molecule has 7 heteroatoms. The van der Waals surface area contributed by atoms with Crippen molar-refractivity contribution in [3.05, 3.63) is 0 Å². The van der Waals surface area contributed by atoms with Gasteiger partial charge in [0.05, 0.1) is 6.42 Å². The highest BCUT2D eigenvalue weighted by molar-refractivity contribution is 8.15. The summed E-state index contributed by atoms with van der Waals surface area (Å²) in [6.45, 7) is 0. The summed E-state index contributed by atoms with van der Waals surface area (Å²) in [4.78, 5) is 24.3. The zero-order chi connectivity index (χ0) is 8.43. The molecule has 5 N–H and O–H groups in total. The Morgan fingerprint density at radius 2 is 2.33 bits per heavy atom. The standard InChI is InChI=1S/C5H6N2O3S.H2O/c6-5-7-4(10)2(11-5)1-3(8)9;/h2H,1H2,(H,8,9)(H2,6,7,10);1H2. The predicted octanol–water partition coefficient (Wildman–Crippen LogP) is -1.41. The van der Waals surface area contributed by atoms with Gasteiger partial charge in [-0.25, -0.2) is 0 Å². The number of carbonyl (C=O) groups excluding carboxylic acids is 1. The summed E-state index contributed by atoms with van der Waals surface area (Å²) < 4.78 is 0. The Kier molecular flexibility index (Phi) is 3.71. The molecule has 1 unspecified atom stereocenters. The number of carboxylic acids is 1. The van der Waals surface area contributed by atoms with Crippen molar-refractivity contribution in [2.45, 2.75) is 11.7 Å². The Labute approximate surface area is 72.1 Å². The molecular weight excluding hydrogens is 184 g/mol. The van der Waals surface area contributed by atoms with E-state index < -0.39 is 17.1 Å². The Morgan fingerprint density at radius 1 is 1.75 bits per heavy atom. The van der Waals surface area contributed by atoms with Crippen LogP contribution in [-0.4, -0.2) is 32.9 Å². The average molecular weight is 192 g/mol. The fraction of sp³-hybridized carbons (Fsp3) is 0.400. The van der Waals surface area contributed by atoms with Crippen molar-refractivity contribution < 1.29 is 20.2 Å². The Balaban J connectivity index is 0.00000121. The van der Waals surface area contributed by atoms with E-state index in [0.717, 1.165) is 11.8 Å². The van der Waals surface area contributed by atoms with Crippen molar-refractivity contribution in [2.24, 2.45) is 10.7 Å². The van der Waals surface area contributed by atoms with Gasteiger partial charge >= 0.3 is 5.97 Å². The molecular formula is C5H8N2O4S. The summed E-state index contributed by atoms with van der Waals surface area (Å²) in [6, 6.07) is 0. The van der Waals surface area contributed by atoms with E-state index in [9.17, 15) is 9.59 Å². The molecule has 12 heavy (non-hydrogen) atoms. The number of amidine groups is 1. The molecule has 0 fully saturated rings. The van der Waals surface area contributed by atoms with Crippen LogP contribution in [0.5, 0.6) is 0 Å². The van der Waals surface area contributed by atoms with E-state index in [-0.39, 0.29) is 17.1 Å². The quantitative estimate of drug-likeness (QED) is 0.556. The second kappa shape index (κ2) is 4.07. The largest absolute Gasteiger partial charge is 0.481 e. The van der Waals surface area contributed by atoms with Gasteiger partial charge in [0.2, 0.25) is 0 Å². The number of carboxylic acid groups (broad SMARTS) is 1. The van der Waals surface area contributed by atoms with Gasteiger partial charge in [0.1, 0.15) is 5.25 Å². The molecule has 0 spiro atoms. The second-order valence-corrected chi connectivity index (χ2v) is 3.22. The van der Waals surface area contributed by atoms with E-state index in [2.05, 4.69) is 4.99 Å². The first-order chi connectivity index (χ1) is 5.09. The molecule has 0 radical (unpaired) electrons. The van der Waals surface area contributed by atoms with Crippen LogP contribution in [0.4, 0.5) is 0 Å². The molecule has 0 aromatic heterocycles. The van der Waals surface area contributed by atoms with Crippen LogP contribution in [0.15, 0.2) is 4.99 Å². The number of rotatable bonds is 2. The summed E-state index contributed by atoms with van der Waals surface area (Å²) in [5.74, 6) is -1.46. The van der Waals surface area contributed by atoms with Gasteiger partial charge in [-0.15, -0.1) is 0 Å². The third kappa shape index (κ3) is 2.51. The van der Waals surface area contributed by atoms with Crippen molar-refractivity contribution >= 4 is 28.8 Å². The van der Waals surface area contributed by atoms with E-state index in [0.29, 0.717) is 0 Å². The van der Waals surface area contributed by atoms with Crippen molar-refractivity contribution in [3.8, 4) is 0 Å². The van der Waals surface area contributed by atoms with Crippen LogP contribution in [0.3, 0.4) is 0 Å². The maximum atomic E-state index is 10.8. The van der Waals surface area contributed by atoms with E-state index in [1.54, 1.807) is 0 Å². The highest BCUT2D eigenvalue weighted by Gasteiger charge is 2.28. The topological polar surface area (TPSA) is 124 Å². The van der Waals surface area contributed by atoms with Gasteiger partial charge in [-0.2, -0.15) is 4.99 Å². The Hall–Kier alpha value is -1.08. The first-order valence-corrected chi connectivity index (χ1v) is 3.74. The number of thioether (sulfide) groups is 1. The minimum atomic E-state index is -1.01. The maximum Gasteiger partial charge on any atom is 0.305 e. The fourth-order valence-corrected chi connectivity index (χ4v) is 1.50. The SMILES string of the molecule is NC1=NC(=O)C(CC(=O)O)S1.O. The molecule has 1 heterocycles. The molecule has 6 nitrogen and oxygen atoms in total. The molecule has 0 saturated carbocycles. The third-order valence-electron chi connectivity index (χ3n) is 1.12. The molecule has 1 atom stereocenters. The Morgan fingerprint density at radius 3 is 2.67 bits per heavy atom. The molecule has 1 aliphatic rings. The number of carbonyl (C=O) groups is 2. The number of nitrogens with two attached hydrogens (primary N) is 1. The highest BCUT2D eigenvalue weighted by Crippen LogP contribution is 2.22. The number of aliphatic carboxylic acids is 1. The van der Waals surface area contributed by atoms with Crippen LogP contribution >= 0.6 is 11.8 Å². The van der Waals surface area contributed by atoms with Crippen LogP contribution in [0, 0.1) is 0 Å². The molecule has 0 aliphatic carbocycles. The van der Waals surface area contributed by atoms with Gasteiger partial charge in [0.15, 0.2) is 5.17 Å². The maximum absolute atomic E-state index is 10.8. The van der Waals surface area contributed by atoms with Crippen molar-refractivity contribution in [3.63, 3.8) is 0 Å². The van der Waals surface area contributed by atoms with E-state index in [1.165, 1.54) is 0 Å². The molecule has 1 amide bonds. The van der Waals surface area contributed by atoms with Crippen molar-refractivity contribution in [1.29, 1.82) is 0 Å². The lowest BCUT2D eigenvalue weighted by atomic mass is 10.3. The number of nitrogens with zero attached hydrogens (tertiary/aromatic N) is 1. The van der Waals surface area contributed by atoms with E-state index in [4.69, 9.17) is 10.8 Å². The van der Waals surface area contributed by atoms with Crippen molar-refractivity contribution in [2.75, 3.05) is 0 Å². The predicted molar refractivity (Wildman–Crippen MR) is 43.9 cm³/mol. The fourth-order valence-electron chi connectivity index (χ4n) is 0.691. The van der Waals surface area contributed by atoms with Gasteiger partial charge in [0.25, 0.3) is 5.91 Å². The lowest BCUT2D eigenvalue weighted by molar-refractivity contribution is -0.138. The number of hydrogen-bond donors (Lipinski definition) is 2. The monoisotopic (exact) mass is 192 g/mol. The Bertz CT molecular complexity index is 240. The molecule has 0 aromatic carbocycles. The normalized spacial score (nSPS) is 21.5. The molecule has 0 saturated heterocycles. The minimum Gasteiger partial charge on any atom is -0.481 e. The van der Waals surface area contributed by atoms with E-state index >= 15 is 0 Å². The molecule has 0 aromatic rings. The smallest absolute Gasteiger partial charge is 0.305 e. The highest BCUT2D eigenvalue weighted by atomic mass is 32.2. The summed E-state index contributed by atoms with van der Waals surface area (Å²) in [6.07, 6.45) is -0.215. The molecule has 0 bridgehead atoms. The summed E-state index contributed by atoms with van der Waals surface area (Å²) in [7, 11) is 0. The van der Waals surface area contributed by atoms with E-state index in [1.807, 2.05) is 0 Å². The van der Waals surface area contributed by atoms with Crippen LogP contribution < -0.4 is 5.73 Å². The second-order valence-electron chi connectivity index (χ2n) is 1.99. The van der Waals surface area contributed by atoms with Gasteiger partial charge in [-0.3, -0.25) is 9.59 Å². The zero-order valence-electron chi connectivity index (χ0n) is 5.98. The lowest BCUT2D eigenvalue weighted by Crippen LogP contribution is -2.15. The summed E-state index contributed by atoms with van der Waals surface area (Å²) in [5, 5.41) is 7.86. The van der Waals surface area contributed by atoms with Gasteiger partial charge in [0, 0.05) is 0 Å². The zero-order valence-corrected chi connectivity index (χ0v) is 6.80. The van der Waals surface area contributed by atoms with Crippen LogP contribution in [0.25, 0.3) is 0 Å². The van der Waals surface area contributed by atoms with Gasteiger partial charge < -0.3 is 16.3 Å². The minimum absolute atomic E-state index is 0. The van der Waals surface area contributed by atoms with Crippen LogP contribution in [0.2, 0.25) is 0 Å². The number of hydrogen-bond acceptors (Lipinski definition) is 4. The first-order valence-electron chi connectivity index (χ1n) is 2.86. The third-order valence-corrected chi connectivity index (χ3v) is 2.10. The van der Waals surface area contributed by atoms with Crippen molar-refractivity contribution in [1.82, 2.24) is 0 Å². The summed E-state index contributed by atoms with van der Waals surface area (Å²) >= 11 is 0.999. The molecule has 1 rings (SSSR count). The van der Waals surface area contributed by atoms with Crippen LogP contribution in [0.1, 0.15) is 6.42 Å². The van der Waals surface area contributed by atoms with Crippen LogP contribution in [-0.2, 0) is 9.59 Å². The average Bonchev–Trinajstić information content (AvgIpc) is 2.09. The first kappa shape index (κ1) is 10.9. The number of amides is 1. The number of aliphatic imine (C=N–C) groups is 1. The molecule has 68 valence electrons. The van der Waals surface area contributed by atoms with Gasteiger partial charge in [-0.05, 0) is 0 Å². The van der Waals surface area contributed by atoms with Gasteiger partial charge in [-0.1, -0.05) is 11.8 Å². The summed E-state index contributed by atoms with van der Waals surface area (Å²) in [5.41, 5.74) is 5.19. The molecule has 1 aliphatic heterocycles.